The highest BCUT2D eigenvalue weighted by Crippen LogP contribution is 2.33. The summed E-state index contributed by atoms with van der Waals surface area (Å²) in [5.41, 5.74) is 0.460. The summed E-state index contributed by atoms with van der Waals surface area (Å²) in [4.78, 5) is 24.0. The summed E-state index contributed by atoms with van der Waals surface area (Å²) in [5, 5.41) is 9.78. The molecule has 24 heavy (non-hydrogen) atoms. The molecule has 0 heterocycles. The Morgan fingerprint density at radius 3 is 1.83 bits per heavy atom. The minimum Gasteiger partial charge on any atom is -0.466 e. The van der Waals surface area contributed by atoms with Crippen molar-refractivity contribution in [3.8, 4) is 6.07 Å². The molecule has 0 spiro atoms. The Kier molecular flexibility index (Phi) is 7.44. The van der Waals surface area contributed by atoms with E-state index in [2.05, 4.69) is 19.9 Å². The summed E-state index contributed by atoms with van der Waals surface area (Å²) in [5.74, 6) is -0.654. The van der Waals surface area contributed by atoms with Crippen molar-refractivity contribution in [2.24, 2.45) is 0 Å². The smallest absolute Gasteiger partial charge is 0.307 e. The van der Waals surface area contributed by atoms with E-state index in [1.54, 1.807) is 26.0 Å². The molecule has 5 heteroatoms. The molecule has 1 aromatic rings. The first-order valence-corrected chi connectivity index (χ1v) is 8.21. The lowest BCUT2D eigenvalue weighted by Crippen LogP contribution is -2.32. The molecule has 0 aliphatic rings. The molecule has 0 unspecified atom stereocenters. The van der Waals surface area contributed by atoms with Crippen LogP contribution in [0.1, 0.15) is 57.6 Å². The van der Waals surface area contributed by atoms with Crippen molar-refractivity contribution in [1.82, 2.24) is 0 Å². The predicted octanol–water partition coefficient (Wildman–Crippen LogP) is 3.48. The summed E-state index contributed by atoms with van der Waals surface area (Å²) in [6, 6.07) is 9.60. The van der Waals surface area contributed by atoms with Crippen LogP contribution in [-0.4, -0.2) is 25.2 Å². The number of carbonyl (C=O) groups excluding carboxylic acids is 2. The Morgan fingerprint density at radius 2 is 1.50 bits per heavy atom. The number of nitrogens with zero attached hydrogens (tertiary/aromatic N) is 1. The largest absolute Gasteiger partial charge is 0.466 e. The number of benzene rings is 1. The summed E-state index contributed by atoms with van der Waals surface area (Å²) >= 11 is 0. The number of nitriles is 1. The molecule has 0 radical (unpaired) electrons. The normalized spacial score (nSPS) is 11.0. The first kappa shape index (κ1) is 19.7. The van der Waals surface area contributed by atoms with E-state index >= 15 is 0 Å². The van der Waals surface area contributed by atoms with Crippen molar-refractivity contribution in [2.75, 3.05) is 13.2 Å². The molecule has 0 aliphatic heterocycles. The number of hydrogen-bond donors (Lipinski definition) is 0. The van der Waals surface area contributed by atoms with Crippen molar-refractivity contribution in [3.63, 3.8) is 0 Å². The second-order valence-corrected chi connectivity index (χ2v) is 5.93. The van der Waals surface area contributed by atoms with Crippen LogP contribution in [0.4, 0.5) is 0 Å². The summed E-state index contributed by atoms with van der Waals surface area (Å²) < 4.78 is 9.96. The van der Waals surface area contributed by atoms with E-state index in [0.717, 1.165) is 5.56 Å². The lowest BCUT2D eigenvalue weighted by molar-refractivity contribution is -0.146. The Labute approximate surface area is 143 Å². The van der Waals surface area contributed by atoms with Gasteiger partial charge in [-0.1, -0.05) is 38.1 Å². The van der Waals surface area contributed by atoms with Crippen molar-refractivity contribution >= 4 is 11.9 Å². The molecule has 0 N–H and O–H groups in total. The molecule has 1 rings (SSSR count). The van der Waals surface area contributed by atoms with Gasteiger partial charge in [-0.25, -0.2) is 0 Å². The molecule has 5 nitrogen and oxygen atoms in total. The van der Waals surface area contributed by atoms with Crippen LogP contribution in [0.15, 0.2) is 24.3 Å². The third kappa shape index (κ3) is 5.09. The van der Waals surface area contributed by atoms with Gasteiger partial charge in [0, 0.05) is 0 Å². The van der Waals surface area contributed by atoms with Gasteiger partial charge in [0.1, 0.15) is 5.41 Å². The lowest BCUT2D eigenvalue weighted by atomic mass is 9.75. The van der Waals surface area contributed by atoms with E-state index in [4.69, 9.17) is 9.47 Å². The van der Waals surface area contributed by atoms with Crippen molar-refractivity contribution in [2.45, 2.75) is 51.9 Å². The van der Waals surface area contributed by atoms with E-state index < -0.39 is 17.4 Å². The van der Waals surface area contributed by atoms with Gasteiger partial charge in [0.25, 0.3) is 0 Å². The molecule has 0 atom stereocenters. The molecular weight excluding hydrogens is 306 g/mol. The van der Waals surface area contributed by atoms with E-state index in [-0.39, 0.29) is 26.1 Å². The quantitative estimate of drug-likeness (QED) is 0.682. The highest BCUT2D eigenvalue weighted by atomic mass is 16.5. The van der Waals surface area contributed by atoms with Gasteiger partial charge in [0.2, 0.25) is 0 Å². The van der Waals surface area contributed by atoms with E-state index in [1.165, 1.54) is 0 Å². The van der Waals surface area contributed by atoms with Gasteiger partial charge in [-0.3, -0.25) is 9.59 Å². The Hall–Kier alpha value is -2.35. The van der Waals surface area contributed by atoms with Gasteiger partial charge >= 0.3 is 11.9 Å². The number of hydrogen-bond acceptors (Lipinski definition) is 5. The topological polar surface area (TPSA) is 76.4 Å². The lowest BCUT2D eigenvalue weighted by Gasteiger charge is -2.25. The predicted molar refractivity (Wildman–Crippen MR) is 90.3 cm³/mol. The van der Waals surface area contributed by atoms with Gasteiger partial charge in [0.05, 0.1) is 32.1 Å². The van der Waals surface area contributed by atoms with Crippen LogP contribution in [0.3, 0.4) is 0 Å². The average Bonchev–Trinajstić information content (AvgIpc) is 2.54. The van der Waals surface area contributed by atoms with Gasteiger partial charge in [-0.05, 0) is 30.9 Å². The van der Waals surface area contributed by atoms with Crippen LogP contribution in [0, 0.1) is 11.3 Å². The average molecular weight is 331 g/mol. The molecule has 0 fully saturated rings. The van der Waals surface area contributed by atoms with Gasteiger partial charge in [0.15, 0.2) is 0 Å². The monoisotopic (exact) mass is 331 g/mol. The van der Waals surface area contributed by atoms with Crippen LogP contribution in [0.2, 0.25) is 0 Å². The van der Waals surface area contributed by atoms with Crippen LogP contribution >= 0.6 is 0 Å². The first-order valence-electron chi connectivity index (χ1n) is 8.21. The molecule has 0 aromatic heterocycles. The molecule has 130 valence electrons. The first-order chi connectivity index (χ1) is 11.4. The van der Waals surface area contributed by atoms with E-state index in [9.17, 15) is 14.9 Å². The van der Waals surface area contributed by atoms with Crippen molar-refractivity contribution in [1.29, 1.82) is 5.26 Å². The Bertz CT molecular complexity index is 579. The molecule has 0 aliphatic carbocycles. The van der Waals surface area contributed by atoms with Crippen molar-refractivity contribution < 1.29 is 19.1 Å². The van der Waals surface area contributed by atoms with Gasteiger partial charge in [-0.2, -0.15) is 5.26 Å². The number of ether oxygens (including phenoxy) is 2. The highest BCUT2D eigenvalue weighted by Gasteiger charge is 2.38. The molecule has 0 saturated heterocycles. The summed E-state index contributed by atoms with van der Waals surface area (Å²) in [7, 11) is 0. The second-order valence-electron chi connectivity index (χ2n) is 5.93. The maximum absolute atomic E-state index is 12.0. The zero-order valence-electron chi connectivity index (χ0n) is 14.8. The molecule has 0 saturated carbocycles. The van der Waals surface area contributed by atoms with E-state index in [1.807, 2.05) is 12.1 Å². The minimum atomic E-state index is -1.28. The second kappa shape index (κ2) is 9.07. The van der Waals surface area contributed by atoms with Crippen LogP contribution < -0.4 is 0 Å². The fourth-order valence-electron chi connectivity index (χ4n) is 2.51. The SMILES string of the molecule is CCOC(=O)CC(C#N)(CC(=O)OCC)c1ccc(C(C)C)cc1. The van der Waals surface area contributed by atoms with Crippen LogP contribution in [0.5, 0.6) is 0 Å². The minimum absolute atomic E-state index is 0.183. The zero-order valence-corrected chi connectivity index (χ0v) is 14.8. The van der Waals surface area contributed by atoms with Crippen LogP contribution in [0.25, 0.3) is 0 Å². The Morgan fingerprint density at radius 1 is 1.04 bits per heavy atom. The maximum atomic E-state index is 12.0. The van der Waals surface area contributed by atoms with Gasteiger partial charge < -0.3 is 9.47 Å². The number of rotatable bonds is 8. The van der Waals surface area contributed by atoms with Gasteiger partial charge in [-0.15, -0.1) is 0 Å². The third-order valence-electron chi connectivity index (χ3n) is 3.85. The number of carbonyl (C=O) groups is 2. The molecule has 0 bridgehead atoms. The summed E-state index contributed by atoms with van der Waals surface area (Å²) in [6.07, 6.45) is -0.367. The third-order valence-corrected chi connectivity index (χ3v) is 3.85. The summed E-state index contributed by atoms with van der Waals surface area (Å²) in [6.45, 7) is 8.01. The Balaban J connectivity index is 3.21. The van der Waals surface area contributed by atoms with Crippen molar-refractivity contribution in [3.05, 3.63) is 35.4 Å². The fourth-order valence-corrected chi connectivity index (χ4v) is 2.51. The molecular formula is C19H25NO4. The fraction of sp³-hybridized carbons (Fsp3) is 0.526. The molecule has 0 amide bonds. The van der Waals surface area contributed by atoms with E-state index in [0.29, 0.717) is 11.5 Å². The standard InChI is InChI=1S/C19H25NO4/c1-5-23-17(21)11-19(13-20,12-18(22)24-6-2)16-9-7-15(8-10-16)14(3)4/h7-10,14H,5-6,11-12H2,1-4H3. The zero-order chi connectivity index (χ0) is 18.2. The maximum Gasteiger partial charge on any atom is 0.307 e. The van der Waals surface area contributed by atoms with Crippen LogP contribution in [-0.2, 0) is 24.5 Å². The highest BCUT2D eigenvalue weighted by molar-refractivity contribution is 5.77. The number of esters is 2. The molecule has 1 aromatic carbocycles.